The molecule has 2 heteroatoms. The van der Waals surface area contributed by atoms with Crippen LogP contribution in [0.25, 0.3) is 10.9 Å². The van der Waals surface area contributed by atoms with Crippen molar-refractivity contribution < 1.29 is 0 Å². The number of nitrogens with two attached hydrogens (primary N) is 1. The summed E-state index contributed by atoms with van der Waals surface area (Å²) in [6, 6.07) is 6.44. The zero-order chi connectivity index (χ0) is 11.7. The lowest BCUT2D eigenvalue weighted by atomic mass is 10.0. The second-order valence-electron chi connectivity index (χ2n) is 4.38. The fraction of sp³-hybridized carbons (Fsp3) is 0.357. The van der Waals surface area contributed by atoms with E-state index in [1.165, 1.54) is 22.1 Å². The summed E-state index contributed by atoms with van der Waals surface area (Å²) in [5, 5.41) is 1.23. The van der Waals surface area contributed by atoms with Crippen LogP contribution in [0.2, 0.25) is 0 Å². The zero-order valence-electron chi connectivity index (χ0n) is 10.2. The van der Waals surface area contributed by atoms with Crippen LogP contribution in [-0.4, -0.2) is 4.98 Å². The average molecular weight is 214 g/mol. The van der Waals surface area contributed by atoms with E-state index >= 15 is 0 Å². The van der Waals surface area contributed by atoms with Crippen molar-refractivity contribution in [2.75, 3.05) is 5.73 Å². The largest absolute Gasteiger partial charge is 0.383 e. The van der Waals surface area contributed by atoms with Crippen molar-refractivity contribution in [1.29, 1.82) is 0 Å². The summed E-state index contributed by atoms with van der Waals surface area (Å²) in [5.41, 5.74) is 10.6. The van der Waals surface area contributed by atoms with Crippen molar-refractivity contribution in [1.82, 2.24) is 4.98 Å². The number of rotatable bonds is 2. The van der Waals surface area contributed by atoms with Crippen LogP contribution in [-0.2, 0) is 6.42 Å². The third-order valence-corrected chi connectivity index (χ3v) is 3.04. The van der Waals surface area contributed by atoms with E-state index in [9.17, 15) is 0 Å². The molecule has 0 spiro atoms. The molecule has 0 bridgehead atoms. The lowest BCUT2D eigenvalue weighted by Gasteiger charge is -2.09. The summed E-state index contributed by atoms with van der Waals surface area (Å²) in [6.07, 6.45) is 2.10. The fourth-order valence-corrected chi connectivity index (χ4v) is 2.06. The van der Waals surface area contributed by atoms with E-state index in [-0.39, 0.29) is 0 Å². The maximum absolute atomic E-state index is 5.98. The normalized spacial score (nSPS) is 10.9. The number of fused-ring (bicyclic) bond motifs is 1. The first-order chi connectivity index (χ1) is 7.63. The van der Waals surface area contributed by atoms with Crippen molar-refractivity contribution in [3.63, 3.8) is 0 Å². The Bertz CT molecular complexity index is 530. The smallest absolute Gasteiger partial charge is 0.127 e. The number of anilines is 1. The topological polar surface area (TPSA) is 38.9 Å². The van der Waals surface area contributed by atoms with E-state index in [1.807, 2.05) is 0 Å². The standard InChI is InChI=1S/C14H18N2/c1-4-5-11-8-12-9(2)6-7-10(3)13(12)16-14(11)15/h6-8H,4-5H2,1-3H3,(H2,15,16). The van der Waals surface area contributed by atoms with Crippen LogP contribution in [0.15, 0.2) is 18.2 Å². The van der Waals surface area contributed by atoms with Crippen LogP contribution in [0.1, 0.15) is 30.0 Å². The van der Waals surface area contributed by atoms with Gasteiger partial charge in [0.2, 0.25) is 0 Å². The molecule has 0 aliphatic rings. The van der Waals surface area contributed by atoms with Crippen molar-refractivity contribution in [3.8, 4) is 0 Å². The van der Waals surface area contributed by atoms with Gasteiger partial charge in [-0.15, -0.1) is 0 Å². The molecule has 0 atom stereocenters. The monoisotopic (exact) mass is 214 g/mol. The Kier molecular flexibility index (Phi) is 2.82. The predicted molar refractivity (Wildman–Crippen MR) is 69.6 cm³/mol. The molecule has 2 rings (SSSR count). The second kappa shape index (κ2) is 4.12. The Morgan fingerprint density at radius 3 is 2.56 bits per heavy atom. The molecule has 0 unspecified atom stereocenters. The number of aryl methyl sites for hydroxylation is 3. The van der Waals surface area contributed by atoms with Crippen LogP contribution >= 0.6 is 0 Å². The van der Waals surface area contributed by atoms with Crippen molar-refractivity contribution >= 4 is 16.7 Å². The van der Waals surface area contributed by atoms with Crippen molar-refractivity contribution in [2.24, 2.45) is 0 Å². The SMILES string of the molecule is CCCc1cc2c(C)ccc(C)c2nc1N. The molecule has 0 aliphatic carbocycles. The average Bonchev–Trinajstić information content (AvgIpc) is 2.26. The minimum atomic E-state index is 0.683. The quantitative estimate of drug-likeness (QED) is 0.832. The summed E-state index contributed by atoms with van der Waals surface area (Å²) in [4.78, 5) is 4.53. The molecule has 16 heavy (non-hydrogen) atoms. The van der Waals surface area contributed by atoms with Gasteiger partial charge in [-0.25, -0.2) is 4.98 Å². The first-order valence-corrected chi connectivity index (χ1v) is 5.78. The summed E-state index contributed by atoms with van der Waals surface area (Å²) in [7, 11) is 0. The van der Waals surface area contributed by atoms with E-state index in [0.29, 0.717) is 5.82 Å². The van der Waals surface area contributed by atoms with Gasteiger partial charge in [-0.05, 0) is 43.0 Å². The molecule has 0 aliphatic heterocycles. The maximum atomic E-state index is 5.98. The third kappa shape index (κ3) is 1.75. The van der Waals surface area contributed by atoms with E-state index in [1.54, 1.807) is 0 Å². The van der Waals surface area contributed by atoms with E-state index in [0.717, 1.165) is 18.4 Å². The molecule has 2 aromatic rings. The highest BCUT2D eigenvalue weighted by Crippen LogP contribution is 2.24. The predicted octanol–water partition coefficient (Wildman–Crippen LogP) is 3.39. The first-order valence-electron chi connectivity index (χ1n) is 5.78. The summed E-state index contributed by atoms with van der Waals surface area (Å²) in [6.45, 7) is 6.36. The molecule has 2 nitrogen and oxygen atoms in total. The molecule has 0 amide bonds. The van der Waals surface area contributed by atoms with Crippen LogP contribution in [0.5, 0.6) is 0 Å². The summed E-state index contributed by atoms with van der Waals surface area (Å²) < 4.78 is 0. The van der Waals surface area contributed by atoms with Gasteiger partial charge in [-0.2, -0.15) is 0 Å². The molecule has 84 valence electrons. The highest BCUT2D eigenvalue weighted by molar-refractivity contribution is 5.87. The van der Waals surface area contributed by atoms with Crippen LogP contribution in [0, 0.1) is 13.8 Å². The molecular weight excluding hydrogens is 196 g/mol. The number of nitrogen functional groups attached to an aromatic ring is 1. The molecule has 2 N–H and O–H groups in total. The number of nitrogens with zero attached hydrogens (tertiary/aromatic N) is 1. The van der Waals surface area contributed by atoms with Gasteiger partial charge in [0.1, 0.15) is 5.82 Å². The van der Waals surface area contributed by atoms with Gasteiger partial charge in [0.05, 0.1) is 5.52 Å². The number of pyridine rings is 1. The van der Waals surface area contributed by atoms with Crippen LogP contribution < -0.4 is 5.73 Å². The minimum Gasteiger partial charge on any atom is -0.383 e. The Morgan fingerprint density at radius 1 is 1.19 bits per heavy atom. The van der Waals surface area contributed by atoms with Gasteiger partial charge in [0, 0.05) is 5.39 Å². The van der Waals surface area contributed by atoms with E-state index in [2.05, 4.69) is 44.0 Å². The van der Waals surface area contributed by atoms with Crippen LogP contribution in [0.4, 0.5) is 5.82 Å². The van der Waals surface area contributed by atoms with Gasteiger partial charge >= 0.3 is 0 Å². The lowest BCUT2D eigenvalue weighted by Crippen LogP contribution is -1.99. The number of benzene rings is 1. The number of hydrogen-bond donors (Lipinski definition) is 1. The van der Waals surface area contributed by atoms with E-state index in [4.69, 9.17) is 5.73 Å². The second-order valence-corrected chi connectivity index (χ2v) is 4.38. The highest BCUT2D eigenvalue weighted by atomic mass is 14.8. The van der Waals surface area contributed by atoms with Gasteiger partial charge < -0.3 is 5.73 Å². The molecule has 1 heterocycles. The highest BCUT2D eigenvalue weighted by Gasteiger charge is 2.07. The molecule has 0 saturated carbocycles. The molecule has 1 aromatic heterocycles. The molecule has 0 fully saturated rings. The van der Waals surface area contributed by atoms with Crippen molar-refractivity contribution in [3.05, 3.63) is 34.9 Å². The third-order valence-electron chi connectivity index (χ3n) is 3.04. The maximum Gasteiger partial charge on any atom is 0.127 e. The van der Waals surface area contributed by atoms with Gasteiger partial charge in [0.25, 0.3) is 0 Å². The number of hydrogen-bond acceptors (Lipinski definition) is 2. The Labute approximate surface area is 96.5 Å². The Morgan fingerprint density at radius 2 is 1.88 bits per heavy atom. The number of aromatic nitrogens is 1. The van der Waals surface area contributed by atoms with E-state index < -0.39 is 0 Å². The Hall–Kier alpha value is -1.57. The van der Waals surface area contributed by atoms with Crippen molar-refractivity contribution in [2.45, 2.75) is 33.6 Å². The fourth-order valence-electron chi connectivity index (χ4n) is 2.06. The first kappa shape index (κ1) is 10.9. The Balaban J connectivity index is 2.73. The van der Waals surface area contributed by atoms with Crippen LogP contribution in [0.3, 0.4) is 0 Å². The molecular formula is C14H18N2. The summed E-state index contributed by atoms with van der Waals surface area (Å²) in [5.74, 6) is 0.683. The molecule has 0 saturated heterocycles. The van der Waals surface area contributed by atoms with Gasteiger partial charge in [-0.1, -0.05) is 25.5 Å². The molecule has 1 aromatic carbocycles. The minimum absolute atomic E-state index is 0.683. The summed E-state index contributed by atoms with van der Waals surface area (Å²) >= 11 is 0. The van der Waals surface area contributed by atoms with Gasteiger partial charge in [-0.3, -0.25) is 0 Å². The zero-order valence-corrected chi connectivity index (χ0v) is 10.2. The van der Waals surface area contributed by atoms with Gasteiger partial charge in [0.15, 0.2) is 0 Å². The molecule has 0 radical (unpaired) electrons. The lowest BCUT2D eigenvalue weighted by molar-refractivity contribution is 0.920.